The summed E-state index contributed by atoms with van der Waals surface area (Å²) in [5.41, 5.74) is 8.05. The molecule has 1 aromatic heterocycles. The SMILES string of the molecule is CCOC(=O)c1oc2ccc(S(=O)(=O)NC(C)c3cccc(N)c3)cc2c1C. The minimum atomic E-state index is -3.80. The van der Waals surface area contributed by atoms with E-state index in [0.29, 0.717) is 22.2 Å². The molecule has 8 heteroatoms. The molecule has 0 saturated carbocycles. The molecule has 148 valence electrons. The number of aryl methyl sites for hydroxylation is 1. The molecular formula is C20H22N2O5S. The number of hydrogen-bond donors (Lipinski definition) is 2. The third-order valence-corrected chi connectivity index (χ3v) is 5.96. The van der Waals surface area contributed by atoms with Crippen molar-refractivity contribution in [1.29, 1.82) is 0 Å². The van der Waals surface area contributed by atoms with Crippen molar-refractivity contribution >= 4 is 32.6 Å². The standard InChI is InChI=1S/C20H22N2O5S/c1-4-26-20(23)19-12(2)17-11-16(8-9-18(17)27-19)28(24,25)22-13(3)14-6-5-7-15(21)10-14/h5-11,13,22H,4,21H2,1-3H3. The van der Waals surface area contributed by atoms with Gasteiger partial charge in [-0.3, -0.25) is 0 Å². The molecule has 1 atom stereocenters. The number of fused-ring (bicyclic) bond motifs is 1. The van der Waals surface area contributed by atoms with Crippen molar-refractivity contribution < 1.29 is 22.4 Å². The van der Waals surface area contributed by atoms with Gasteiger partial charge in [0.25, 0.3) is 0 Å². The fourth-order valence-electron chi connectivity index (χ4n) is 2.96. The lowest BCUT2D eigenvalue weighted by Crippen LogP contribution is -2.26. The maximum absolute atomic E-state index is 12.8. The Balaban J connectivity index is 1.93. The van der Waals surface area contributed by atoms with Crippen molar-refractivity contribution in [3.05, 3.63) is 59.4 Å². The molecule has 3 rings (SSSR count). The number of nitrogen functional groups attached to an aromatic ring is 1. The number of sulfonamides is 1. The summed E-state index contributed by atoms with van der Waals surface area (Å²) in [7, 11) is -3.80. The molecule has 0 fully saturated rings. The zero-order valence-corrected chi connectivity index (χ0v) is 16.7. The molecule has 0 aliphatic carbocycles. The maximum Gasteiger partial charge on any atom is 0.374 e. The topological polar surface area (TPSA) is 112 Å². The number of esters is 1. The fraction of sp³-hybridized carbons (Fsp3) is 0.250. The fourth-order valence-corrected chi connectivity index (χ4v) is 4.21. The van der Waals surface area contributed by atoms with Crippen LogP contribution in [0.2, 0.25) is 0 Å². The molecule has 2 aromatic carbocycles. The molecule has 0 aliphatic heterocycles. The monoisotopic (exact) mass is 402 g/mol. The van der Waals surface area contributed by atoms with Gasteiger partial charge in [-0.15, -0.1) is 0 Å². The van der Waals surface area contributed by atoms with E-state index in [0.717, 1.165) is 5.56 Å². The number of carbonyl (C=O) groups is 1. The first-order valence-electron chi connectivity index (χ1n) is 8.81. The lowest BCUT2D eigenvalue weighted by Gasteiger charge is -2.15. The zero-order valence-electron chi connectivity index (χ0n) is 15.9. The number of benzene rings is 2. The van der Waals surface area contributed by atoms with E-state index in [1.807, 2.05) is 0 Å². The molecule has 0 radical (unpaired) electrons. The van der Waals surface area contributed by atoms with Crippen molar-refractivity contribution in [2.45, 2.75) is 31.7 Å². The molecule has 0 bridgehead atoms. The van der Waals surface area contributed by atoms with E-state index < -0.39 is 22.0 Å². The highest BCUT2D eigenvalue weighted by atomic mass is 32.2. The van der Waals surface area contributed by atoms with Gasteiger partial charge in [0.15, 0.2) is 0 Å². The molecule has 1 unspecified atom stereocenters. The molecule has 7 nitrogen and oxygen atoms in total. The number of furan rings is 1. The average Bonchev–Trinajstić information content (AvgIpc) is 2.98. The number of rotatable bonds is 6. The molecule has 0 aliphatic rings. The third-order valence-electron chi connectivity index (χ3n) is 4.42. The van der Waals surface area contributed by atoms with E-state index in [2.05, 4.69) is 4.72 Å². The first-order valence-corrected chi connectivity index (χ1v) is 10.3. The number of carbonyl (C=O) groups excluding carboxylic acids is 1. The van der Waals surface area contributed by atoms with Gasteiger partial charge in [-0.05, 0) is 56.7 Å². The van der Waals surface area contributed by atoms with E-state index in [-0.39, 0.29) is 17.3 Å². The van der Waals surface area contributed by atoms with E-state index in [1.54, 1.807) is 45.0 Å². The molecule has 0 saturated heterocycles. The Bertz CT molecular complexity index is 1130. The van der Waals surface area contributed by atoms with Crippen LogP contribution in [-0.4, -0.2) is 21.0 Å². The quantitative estimate of drug-likeness (QED) is 0.482. The van der Waals surface area contributed by atoms with Gasteiger partial charge in [0.2, 0.25) is 15.8 Å². The summed E-state index contributed by atoms with van der Waals surface area (Å²) in [5.74, 6) is -0.499. The van der Waals surface area contributed by atoms with Crippen molar-refractivity contribution in [2.75, 3.05) is 12.3 Å². The number of hydrogen-bond acceptors (Lipinski definition) is 6. The van der Waals surface area contributed by atoms with Gasteiger partial charge < -0.3 is 14.9 Å². The Labute approximate surface area is 163 Å². The van der Waals surface area contributed by atoms with Gasteiger partial charge in [0, 0.05) is 22.7 Å². The van der Waals surface area contributed by atoms with Crippen LogP contribution in [0.1, 0.15) is 41.6 Å². The largest absolute Gasteiger partial charge is 0.460 e. The van der Waals surface area contributed by atoms with Crippen molar-refractivity contribution in [3.63, 3.8) is 0 Å². The highest BCUT2D eigenvalue weighted by Crippen LogP contribution is 2.29. The maximum atomic E-state index is 12.8. The smallest absolute Gasteiger partial charge is 0.374 e. The number of anilines is 1. The predicted octanol–water partition coefficient (Wildman–Crippen LogP) is 3.54. The summed E-state index contributed by atoms with van der Waals surface area (Å²) < 4.78 is 38.8. The van der Waals surface area contributed by atoms with E-state index >= 15 is 0 Å². The Hall–Kier alpha value is -2.84. The van der Waals surface area contributed by atoms with Crippen LogP contribution in [-0.2, 0) is 14.8 Å². The van der Waals surface area contributed by atoms with Crippen LogP contribution in [0.4, 0.5) is 5.69 Å². The number of nitrogens with one attached hydrogen (secondary N) is 1. The number of nitrogens with two attached hydrogens (primary N) is 1. The first kappa shape index (κ1) is 19.9. The average molecular weight is 402 g/mol. The zero-order chi connectivity index (χ0) is 20.5. The molecule has 0 spiro atoms. The molecular weight excluding hydrogens is 380 g/mol. The molecule has 3 aromatic rings. The Kier molecular flexibility index (Phi) is 5.44. The second kappa shape index (κ2) is 7.65. The van der Waals surface area contributed by atoms with E-state index in [1.165, 1.54) is 18.2 Å². The van der Waals surface area contributed by atoms with Crippen molar-refractivity contribution in [3.8, 4) is 0 Å². The van der Waals surface area contributed by atoms with Crippen LogP contribution in [0.3, 0.4) is 0 Å². The van der Waals surface area contributed by atoms with Crippen molar-refractivity contribution in [2.24, 2.45) is 0 Å². The molecule has 0 amide bonds. The van der Waals surface area contributed by atoms with Gasteiger partial charge in [-0.2, -0.15) is 0 Å². The second-order valence-corrected chi connectivity index (χ2v) is 8.16. The first-order chi connectivity index (χ1) is 13.2. The molecule has 28 heavy (non-hydrogen) atoms. The summed E-state index contributed by atoms with van der Waals surface area (Å²) in [6.07, 6.45) is 0. The van der Waals surface area contributed by atoms with Gasteiger partial charge in [0.1, 0.15) is 5.58 Å². The highest BCUT2D eigenvalue weighted by molar-refractivity contribution is 7.89. The minimum Gasteiger partial charge on any atom is -0.460 e. The van der Waals surface area contributed by atoms with Crippen LogP contribution < -0.4 is 10.5 Å². The highest BCUT2D eigenvalue weighted by Gasteiger charge is 2.23. The minimum absolute atomic E-state index is 0.0764. The number of ether oxygens (including phenoxy) is 1. The van der Waals surface area contributed by atoms with E-state index in [4.69, 9.17) is 14.9 Å². The van der Waals surface area contributed by atoms with Crippen molar-refractivity contribution in [1.82, 2.24) is 4.72 Å². The predicted molar refractivity (Wildman–Crippen MR) is 106 cm³/mol. The summed E-state index contributed by atoms with van der Waals surface area (Å²) in [5, 5.41) is 0.544. The van der Waals surface area contributed by atoms with Gasteiger partial charge in [-0.1, -0.05) is 12.1 Å². The Morgan fingerprint density at radius 3 is 2.68 bits per heavy atom. The molecule has 3 N–H and O–H groups in total. The van der Waals surface area contributed by atoms with Crippen LogP contribution in [0.5, 0.6) is 0 Å². The van der Waals surface area contributed by atoms with Crippen LogP contribution >= 0.6 is 0 Å². The van der Waals surface area contributed by atoms with Crippen LogP contribution in [0, 0.1) is 6.92 Å². The Morgan fingerprint density at radius 2 is 2.00 bits per heavy atom. The molecule has 1 heterocycles. The van der Waals surface area contributed by atoms with E-state index in [9.17, 15) is 13.2 Å². The van der Waals surface area contributed by atoms with Gasteiger partial charge >= 0.3 is 5.97 Å². The lowest BCUT2D eigenvalue weighted by atomic mass is 10.1. The third kappa shape index (κ3) is 3.88. The van der Waals surface area contributed by atoms with Gasteiger partial charge in [0.05, 0.1) is 11.5 Å². The normalized spacial score (nSPS) is 12.8. The van der Waals surface area contributed by atoms with Gasteiger partial charge in [-0.25, -0.2) is 17.9 Å². The summed E-state index contributed by atoms with van der Waals surface area (Å²) in [6, 6.07) is 11.0. The summed E-state index contributed by atoms with van der Waals surface area (Å²) >= 11 is 0. The lowest BCUT2D eigenvalue weighted by molar-refractivity contribution is 0.0491. The Morgan fingerprint density at radius 1 is 1.25 bits per heavy atom. The second-order valence-electron chi connectivity index (χ2n) is 6.45. The summed E-state index contributed by atoms with van der Waals surface area (Å²) in [4.78, 5) is 12.1. The van der Waals surface area contributed by atoms with Crippen LogP contribution in [0.25, 0.3) is 11.0 Å². The summed E-state index contributed by atoms with van der Waals surface area (Å²) in [6.45, 7) is 5.36. The van der Waals surface area contributed by atoms with Crippen LogP contribution in [0.15, 0.2) is 51.8 Å².